The number of alkyl halides is 1. The number of halogens is 2. The van der Waals surface area contributed by atoms with Gasteiger partial charge in [0.15, 0.2) is 0 Å². The highest BCUT2D eigenvalue weighted by Gasteiger charge is 2.28. The first-order chi connectivity index (χ1) is 9.96. The van der Waals surface area contributed by atoms with Crippen molar-refractivity contribution in [3.63, 3.8) is 0 Å². The maximum atomic E-state index is 13.3. The fourth-order valence-corrected chi connectivity index (χ4v) is 2.32. The monoisotopic (exact) mass is 305 g/mol. The van der Waals surface area contributed by atoms with Gasteiger partial charge in [0, 0.05) is 11.4 Å². The highest BCUT2D eigenvalue weighted by atomic mass is 35.5. The zero-order chi connectivity index (χ0) is 15.5. The van der Waals surface area contributed by atoms with Gasteiger partial charge in [-0.3, -0.25) is 4.79 Å². The van der Waals surface area contributed by atoms with Crippen molar-refractivity contribution in [2.45, 2.75) is 19.4 Å². The highest BCUT2D eigenvalue weighted by molar-refractivity contribution is 6.19. The number of nitrogens with one attached hydrogen (secondary N) is 1. The predicted molar refractivity (Wildman–Crippen MR) is 83.1 cm³/mol. The number of amides is 1. The molecule has 0 saturated heterocycles. The molecule has 1 amide bonds. The first kappa shape index (κ1) is 15.5. The van der Waals surface area contributed by atoms with E-state index in [4.69, 9.17) is 11.6 Å². The molecule has 2 rings (SSSR count). The summed E-state index contributed by atoms with van der Waals surface area (Å²) in [6, 6.07) is 13.8. The Morgan fingerprint density at radius 1 is 1.24 bits per heavy atom. The van der Waals surface area contributed by atoms with Gasteiger partial charge in [-0.15, -0.1) is 11.6 Å². The average Bonchev–Trinajstić information content (AvgIpc) is 2.50. The lowest BCUT2D eigenvalue weighted by Crippen LogP contribution is -2.45. The summed E-state index contributed by atoms with van der Waals surface area (Å²) < 4.78 is 13.3. The third kappa shape index (κ3) is 3.42. The molecule has 2 aromatic rings. The van der Waals surface area contributed by atoms with Gasteiger partial charge in [-0.2, -0.15) is 0 Å². The van der Waals surface area contributed by atoms with Crippen LogP contribution in [0.15, 0.2) is 48.5 Å². The first-order valence-corrected chi connectivity index (χ1v) is 7.20. The second-order valence-corrected chi connectivity index (χ2v) is 5.52. The quantitative estimate of drug-likeness (QED) is 0.849. The molecular weight excluding hydrogens is 289 g/mol. The molecule has 0 saturated carbocycles. The molecular formula is C17H17ClFNO. The molecule has 1 N–H and O–H groups in total. The maximum absolute atomic E-state index is 13.3. The molecule has 0 aliphatic rings. The Bertz CT molecular complexity index is 644. The van der Waals surface area contributed by atoms with Gasteiger partial charge in [-0.05, 0) is 43.2 Å². The van der Waals surface area contributed by atoms with E-state index >= 15 is 0 Å². The van der Waals surface area contributed by atoms with E-state index in [1.165, 1.54) is 18.2 Å². The molecule has 21 heavy (non-hydrogen) atoms. The fourth-order valence-electron chi connectivity index (χ4n) is 2.10. The summed E-state index contributed by atoms with van der Waals surface area (Å²) in [5.41, 5.74) is 1.10. The third-order valence-corrected chi connectivity index (χ3v) is 4.02. The Labute approximate surface area is 128 Å². The normalized spacial score (nSPS) is 13.5. The zero-order valence-corrected chi connectivity index (χ0v) is 12.7. The van der Waals surface area contributed by atoms with Crippen LogP contribution in [0.4, 0.5) is 4.39 Å². The van der Waals surface area contributed by atoms with Crippen molar-refractivity contribution < 1.29 is 9.18 Å². The number of carbonyl (C=O) groups excluding carboxylic acids is 1. The largest absolute Gasteiger partial charge is 0.342 e. The predicted octanol–water partition coefficient (Wildman–Crippen LogP) is 4.02. The van der Waals surface area contributed by atoms with Crippen LogP contribution in [0.1, 0.15) is 28.4 Å². The minimum Gasteiger partial charge on any atom is -0.342 e. The van der Waals surface area contributed by atoms with Crippen molar-refractivity contribution in [1.82, 2.24) is 5.32 Å². The smallest absolute Gasteiger partial charge is 0.252 e. The van der Waals surface area contributed by atoms with E-state index in [2.05, 4.69) is 5.32 Å². The summed E-state index contributed by atoms with van der Waals surface area (Å²) in [7, 11) is 0. The third-order valence-electron chi connectivity index (χ3n) is 3.49. The molecule has 0 aliphatic carbocycles. The average molecular weight is 306 g/mol. The molecule has 1 atom stereocenters. The van der Waals surface area contributed by atoms with Crippen molar-refractivity contribution in [2.24, 2.45) is 0 Å². The van der Waals surface area contributed by atoms with Gasteiger partial charge < -0.3 is 5.32 Å². The molecule has 2 nitrogen and oxygen atoms in total. The lowest BCUT2D eigenvalue weighted by Gasteiger charge is -2.29. The van der Waals surface area contributed by atoms with Gasteiger partial charge in [0.1, 0.15) is 5.82 Å². The molecule has 0 fully saturated rings. The Morgan fingerprint density at radius 3 is 2.48 bits per heavy atom. The van der Waals surface area contributed by atoms with Crippen LogP contribution in [0.3, 0.4) is 0 Å². The van der Waals surface area contributed by atoms with Gasteiger partial charge >= 0.3 is 0 Å². The molecule has 0 aromatic heterocycles. The summed E-state index contributed by atoms with van der Waals surface area (Å²) in [5.74, 6) is -0.358. The molecule has 0 spiro atoms. The number of rotatable bonds is 4. The Morgan fingerprint density at radius 2 is 1.90 bits per heavy atom. The van der Waals surface area contributed by atoms with E-state index < -0.39 is 5.54 Å². The Balaban J connectivity index is 2.26. The Kier molecular flexibility index (Phi) is 4.63. The SMILES string of the molecule is Cc1cc(C(=O)NC(C)(CCl)c2ccccc2)ccc1F. The first-order valence-electron chi connectivity index (χ1n) is 6.66. The number of benzene rings is 2. The summed E-state index contributed by atoms with van der Waals surface area (Å²) in [6.45, 7) is 3.49. The van der Waals surface area contributed by atoms with E-state index in [0.717, 1.165) is 5.56 Å². The van der Waals surface area contributed by atoms with E-state index in [1.54, 1.807) is 6.92 Å². The van der Waals surface area contributed by atoms with Crippen molar-refractivity contribution in [2.75, 3.05) is 5.88 Å². The summed E-state index contributed by atoms with van der Waals surface area (Å²) >= 11 is 6.06. The molecule has 0 bridgehead atoms. The van der Waals surface area contributed by atoms with Gasteiger partial charge in [0.05, 0.1) is 5.54 Å². The summed E-state index contributed by atoms with van der Waals surface area (Å²) in [6.07, 6.45) is 0. The molecule has 0 radical (unpaired) electrons. The number of hydrogen-bond donors (Lipinski definition) is 1. The van der Waals surface area contributed by atoms with Crippen LogP contribution in [0.25, 0.3) is 0 Å². The van der Waals surface area contributed by atoms with E-state index in [-0.39, 0.29) is 17.6 Å². The van der Waals surface area contributed by atoms with Gasteiger partial charge in [0.2, 0.25) is 0 Å². The lowest BCUT2D eigenvalue weighted by molar-refractivity contribution is 0.0913. The van der Waals surface area contributed by atoms with Crippen LogP contribution < -0.4 is 5.32 Å². The lowest BCUT2D eigenvalue weighted by atomic mass is 9.93. The fraction of sp³-hybridized carbons (Fsp3) is 0.235. The molecule has 110 valence electrons. The van der Waals surface area contributed by atoms with Crippen LogP contribution in [0.5, 0.6) is 0 Å². The van der Waals surface area contributed by atoms with Crippen molar-refractivity contribution in [3.05, 3.63) is 71.0 Å². The van der Waals surface area contributed by atoms with Crippen LogP contribution in [0, 0.1) is 12.7 Å². The molecule has 0 heterocycles. The molecule has 2 aromatic carbocycles. The minimum atomic E-state index is -0.678. The van der Waals surface area contributed by atoms with Gasteiger partial charge in [-0.1, -0.05) is 30.3 Å². The standard InChI is InChI=1S/C17H17ClFNO/c1-12-10-13(8-9-15(12)19)16(21)20-17(2,11-18)14-6-4-3-5-7-14/h3-10H,11H2,1-2H3,(H,20,21). The van der Waals surface area contributed by atoms with Crippen molar-refractivity contribution >= 4 is 17.5 Å². The maximum Gasteiger partial charge on any atom is 0.252 e. The molecule has 4 heteroatoms. The molecule has 1 unspecified atom stereocenters. The van der Waals surface area contributed by atoms with Crippen molar-refractivity contribution in [1.29, 1.82) is 0 Å². The topological polar surface area (TPSA) is 29.1 Å². The van der Waals surface area contributed by atoms with E-state index in [9.17, 15) is 9.18 Å². The molecule has 0 aliphatic heterocycles. The van der Waals surface area contributed by atoms with Crippen LogP contribution >= 0.6 is 11.6 Å². The second kappa shape index (κ2) is 6.27. The summed E-state index contributed by atoms with van der Waals surface area (Å²) in [5, 5.41) is 2.93. The van der Waals surface area contributed by atoms with Gasteiger partial charge in [0.25, 0.3) is 5.91 Å². The van der Waals surface area contributed by atoms with E-state index in [1.807, 2.05) is 37.3 Å². The van der Waals surface area contributed by atoms with Gasteiger partial charge in [-0.25, -0.2) is 4.39 Å². The summed E-state index contributed by atoms with van der Waals surface area (Å²) in [4.78, 5) is 12.4. The minimum absolute atomic E-state index is 0.239. The van der Waals surface area contributed by atoms with Crippen LogP contribution in [-0.2, 0) is 5.54 Å². The van der Waals surface area contributed by atoms with Crippen LogP contribution in [-0.4, -0.2) is 11.8 Å². The Hall–Kier alpha value is -1.87. The second-order valence-electron chi connectivity index (χ2n) is 5.25. The highest BCUT2D eigenvalue weighted by Crippen LogP contribution is 2.23. The number of aryl methyl sites for hydroxylation is 1. The van der Waals surface area contributed by atoms with E-state index in [0.29, 0.717) is 11.1 Å². The number of hydrogen-bond acceptors (Lipinski definition) is 1. The van der Waals surface area contributed by atoms with Crippen LogP contribution in [0.2, 0.25) is 0 Å². The van der Waals surface area contributed by atoms with Crippen molar-refractivity contribution in [3.8, 4) is 0 Å². The zero-order valence-electron chi connectivity index (χ0n) is 12.0. The number of carbonyl (C=O) groups is 1.